The first-order chi connectivity index (χ1) is 7.87. The van der Waals surface area contributed by atoms with Gasteiger partial charge in [-0.1, -0.05) is 6.07 Å². The largest absolute Gasteiger partial charge is 0.493 e. The van der Waals surface area contributed by atoms with Crippen LogP contribution in [0, 0.1) is 0 Å². The molecule has 0 spiro atoms. The molecule has 96 valence electrons. The van der Waals surface area contributed by atoms with E-state index in [0.717, 1.165) is 0 Å². The summed E-state index contributed by atoms with van der Waals surface area (Å²) < 4.78 is 34.7. The van der Waals surface area contributed by atoms with Gasteiger partial charge in [-0.05, 0) is 12.1 Å². The summed E-state index contributed by atoms with van der Waals surface area (Å²) in [6.45, 7) is 0.139. The summed E-state index contributed by atoms with van der Waals surface area (Å²) in [5, 5.41) is 9.27. The molecule has 0 saturated carbocycles. The molecule has 7 heteroatoms. The molecule has 1 unspecified atom stereocenters. The van der Waals surface area contributed by atoms with Crippen LogP contribution in [0.5, 0.6) is 5.75 Å². The molecule has 0 fully saturated rings. The van der Waals surface area contributed by atoms with Crippen molar-refractivity contribution in [1.82, 2.24) is 0 Å². The number of nitrogens with two attached hydrogens (primary N) is 1. The monoisotopic (exact) mass is 261 g/mol. The molecule has 1 atom stereocenters. The number of aliphatic hydroxyl groups is 1. The van der Waals surface area contributed by atoms with Crippen molar-refractivity contribution in [1.29, 1.82) is 0 Å². The third-order valence-corrected chi connectivity index (χ3v) is 2.79. The Labute approximate surface area is 99.8 Å². The number of ether oxygens (including phenoxy) is 1. The van der Waals surface area contributed by atoms with Crippen molar-refractivity contribution in [3.8, 4) is 5.75 Å². The molecule has 0 aliphatic carbocycles. The van der Waals surface area contributed by atoms with Crippen LogP contribution in [0.15, 0.2) is 24.3 Å². The summed E-state index contributed by atoms with van der Waals surface area (Å²) in [7, 11) is -4.15. The van der Waals surface area contributed by atoms with Gasteiger partial charge < -0.3 is 15.6 Å². The molecule has 0 bridgehead atoms. The lowest BCUT2D eigenvalue weighted by molar-refractivity contribution is 0.156. The molecule has 0 aliphatic rings. The van der Waals surface area contributed by atoms with Gasteiger partial charge in [0.15, 0.2) is 0 Å². The van der Waals surface area contributed by atoms with Gasteiger partial charge >= 0.3 is 0 Å². The van der Waals surface area contributed by atoms with Crippen molar-refractivity contribution in [2.24, 2.45) is 0 Å². The molecular weight excluding hydrogens is 246 g/mol. The predicted octanol–water partition coefficient (Wildman–Crippen LogP) is 0.286. The molecule has 1 rings (SSSR count). The molecule has 4 N–H and O–H groups in total. The van der Waals surface area contributed by atoms with Crippen LogP contribution in [0.1, 0.15) is 6.42 Å². The third-order valence-electron chi connectivity index (χ3n) is 1.98. The van der Waals surface area contributed by atoms with Crippen molar-refractivity contribution in [2.75, 3.05) is 18.1 Å². The van der Waals surface area contributed by atoms with Gasteiger partial charge in [0, 0.05) is 18.2 Å². The number of anilines is 1. The lowest BCUT2D eigenvalue weighted by atomic mass is 10.3. The molecule has 0 aliphatic heterocycles. The minimum absolute atomic E-state index is 0.106. The van der Waals surface area contributed by atoms with E-state index in [1.54, 1.807) is 24.3 Å². The summed E-state index contributed by atoms with van der Waals surface area (Å²) >= 11 is 0. The van der Waals surface area contributed by atoms with E-state index in [2.05, 4.69) is 0 Å². The standard InChI is InChI=1S/C10H15NO5S/c11-8-2-1-3-10(6-8)16-5-4-9(12)7-17(13,14)15/h1-3,6,9,12H,4-5,7,11H2,(H,13,14,15). The lowest BCUT2D eigenvalue weighted by Gasteiger charge is -2.10. The molecule has 6 nitrogen and oxygen atoms in total. The highest BCUT2D eigenvalue weighted by atomic mass is 32.2. The van der Waals surface area contributed by atoms with Crippen LogP contribution in [-0.4, -0.2) is 36.5 Å². The number of hydrogen-bond acceptors (Lipinski definition) is 5. The third kappa shape index (κ3) is 6.10. The second-order valence-electron chi connectivity index (χ2n) is 3.61. The van der Waals surface area contributed by atoms with E-state index < -0.39 is 22.0 Å². The Bertz CT molecular complexity index is 460. The predicted molar refractivity (Wildman–Crippen MR) is 63.4 cm³/mol. The lowest BCUT2D eigenvalue weighted by Crippen LogP contribution is -2.22. The van der Waals surface area contributed by atoms with Crippen LogP contribution in [0.3, 0.4) is 0 Å². The van der Waals surface area contributed by atoms with Gasteiger partial charge in [-0.3, -0.25) is 4.55 Å². The van der Waals surface area contributed by atoms with Gasteiger partial charge in [0.1, 0.15) is 11.5 Å². The average Bonchev–Trinajstić information content (AvgIpc) is 2.14. The number of rotatable bonds is 6. The molecule has 1 aromatic carbocycles. The normalized spacial score (nSPS) is 13.3. The Morgan fingerprint density at radius 1 is 1.41 bits per heavy atom. The zero-order chi connectivity index (χ0) is 12.9. The fourth-order valence-corrected chi connectivity index (χ4v) is 1.90. The Balaban J connectivity index is 2.33. The maximum absolute atomic E-state index is 10.5. The molecule has 0 heterocycles. The zero-order valence-corrected chi connectivity index (χ0v) is 9.93. The van der Waals surface area contributed by atoms with Crippen LogP contribution >= 0.6 is 0 Å². The highest BCUT2D eigenvalue weighted by molar-refractivity contribution is 7.85. The zero-order valence-electron chi connectivity index (χ0n) is 9.11. The number of nitrogen functional groups attached to an aromatic ring is 1. The maximum atomic E-state index is 10.5. The van der Waals surface area contributed by atoms with Crippen molar-refractivity contribution < 1.29 is 22.8 Å². The van der Waals surface area contributed by atoms with Crippen molar-refractivity contribution in [2.45, 2.75) is 12.5 Å². The van der Waals surface area contributed by atoms with Crippen molar-refractivity contribution in [3.05, 3.63) is 24.3 Å². The summed E-state index contributed by atoms with van der Waals surface area (Å²) in [5.74, 6) is -0.142. The molecule has 17 heavy (non-hydrogen) atoms. The molecular formula is C10H15NO5S. The van der Waals surface area contributed by atoms with Gasteiger partial charge in [-0.15, -0.1) is 0 Å². The van der Waals surface area contributed by atoms with Crippen LogP contribution in [0.4, 0.5) is 5.69 Å². The summed E-state index contributed by atoms with van der Waals surface area (Å²) in [6, 6.07) is 6.75. The number of benzene rings is 1. The number of hydrogen-bond donors (Lipinski definition) is 3. The SMILES string of the molecule is Nc1cccc(OCCC(O)CS(=O)(=O)O)c1. The molecule has 0 saturated heterocycles. The Morgan fingerprint density at radius 3 is 2.71 bits per heavy atom. The first kappa shape index (κ1) is 13.8. The van der Waals surface area contributed by atoms with E-state index in [1.807, 2.05) is 0 Å². The highest BCUT2D eigenvalue weighted by Gasteiger charge is 2.13. The van der Waals surface area contributed by atoms with Gasteiger partial charge in [0.25, 0.3) is 10.1 Å². The fourth-order valence-electron chi connectivity index (χ4n) is 1.24. The smallest absolute Gasteiger partial charge is 0.267 e. The van der Waals surface area contributed by atoms with Crippen LogP contribution in [-0.2, 0) is 10.1 Å². The van der Waals surface area contributed by atoms with E-state index in [4.69, 9.17) is 15.0 Å². The van der Waals surface area contributed by atoms with Crippen molar-refractivity contribution in [3.63, 3.8) is 0 Å². The molecule has 0 aromatic heterocycles. The first-order valence-electron chi connectivity index (χ1n) is 4.98. The second kappa shape index (κ2) is 5.85. The molecule has 0 radical (unpaired) electrons. The Kier molecular flexibility index (Phi) is 4.73. The van der Waals surface area contributed by atoms with E-state index in [0.29, 0.717) is 11.4 Å². The van der Waals surface area contributed by atoms with Gasteiger partial charge in [-0.2, -0.15) is 8.42 Å². The Hall–Kier alpha value is -1.31. The molecule has 0 amide bonds. The fraction of sp³-hybridized carbons (Fsp3) is 0.400. The first-order valence-corrected chi connectivity index (χ1v) is 6.59. The molecule has 1 aromatic rings. The summed E-state index contributed by atoms with van der Waals surface area (Å²) in [6.07, 6.45) is -1.04. The van der Waals surface area contributed by atoms with Crippen molar-refractivity contribution >= 4 is 15.8 Å². The summed E-state index contributed by atoms with van der Waals surface area (Å²) in [5.41, 5.74) is 6.09. The Morgan fingerprint density at radius 2 is 2.12 bits per heavy atom. The van der Waals surface area contributed by atoms with Gasteiger partial charge in [0.2, 0.25) is 0 Å². The van der Waals surface area contributed by atoms with Gasteiger partial charge in [-0.25, -0.2) is 0 Å². The minimum Gasteiger partial charge on any atom is -0.493 e. The quantitative estimate of drug-likeness (QED) is 0.501. The van der Waals surface area contributed by atoms with E-state index in [-0.39, 0.29) is 13.0 Å². The van der Waals surface area contributed by atoms with Crippen LogP contribution in [0.25, 0.3) is 0 Å². The maximum Gasteiger partial charge on any atom is 0.267 e. The summed E-state index contributed by atoms with van der Waals surface area (Å²) in [4.78, 5) is 0. The van der Waals surface area contributed by atoms with E-state index >= 15 is 0 Å². The van der Waals surface area contributed by atoms with E-state index in [9.17, 15) is 13.5 Å². The van der Waals surface area contributed by atoms with Crippen LogP contribution in [0.2, 0.25) is 0 Å². The van der Waals surface area contributed by atoms with E-state index in [1.165, 1.54) is 0 Å². The average molecular weight is 261 g/mol. The second-order valence-corrected chi connectivity index (χ2v) is 5.11. The van der Waals surface area contributed by atoms with Gasteiger partial charge in [0.05, 0.1) is 12.7 Å². The topological polar surface area (TPSA) is 110 Å². The minimum atomic E-state index is -4.15. The highest BCUT2D eigenvalue weighted by Crippen LogP contribution is 2.14. The van der Waals surface area contributed by atoms with Crippen LogP contribution < -0.4 is 10.5 Å². The number of aliphatic hydroxyl groups excluding tert-OH is 1.